The van der Waals surface area contributed by atoms with Gasteiger partial charge >= 0.3 is 0 Å². The molecule has 0 N–H and O–H groups in total. The summed E-state index contributed by atoms with van der Waals surface area (Å²) in [7, 11) is 0. The number of fused-ring (bicyclic) bond motifs is 1. The number of hydrogen-bond acceptors (Lipinski definition) is 5. The minimum atomic E-state index is -0.249. The molecule has 0 bridgehead atoms. The Morgan fingerprint density at radius 1 is 0.973 bits per heavy atom. The third kappa shape index (κ3) is 5.42. The highest BCUT2D eigenvalue weighted by Gasteiger charge is 2.32. The number of rotatable bonds is 6. The van der Waals surface area contributed by atoms with Crippen LogP contribution in [-0.4, -0.2) is 47.5 Å². The zero-order valence-electron chi connectivity index (χ0n) is 20.9. The van der Waals surface area contributed by atoms with E-state index in [1.165, 1.54) is 18.2 Å². The van der Waals surface area contributed by atoms with Gasteiger partial charge in [-0.05, 0) is 43.7 Å². The number of carbonyl (C=O) groups excluding carboxylic acids is 1. The maximum absolute atomic E-state index is 13.2. The zero-order chi connectivity index (χ0) is 25.9. The number of piperazine rings is 1. The molecule has 190 valence electrons. The van der Waals surface area contributed by atoms with E-state index in [1.807, 2.05) is 42.2 Å². The summed E-state index contributed by atoms with van der Waals surface area (Å²) in [5, 5.41) is 0.320. The maximum Gasteiger partial charge on any atom is 0.260 e. The zero-order valence-corrected chi connectivity index (χ0v) is 20.9. The van der Waals surface area contributed by atoms with Crippen molar-refractivity contribution in [3.63, 3.8) is 0 Å². The first-order chi connectivity index (χ1) is 17.9. The molecule has 1 fully saturated rings. The van der Waals surface area contributed by atoms with E-state index in [2.05, 4.69) is 11.8 Å². The topological polar surface area (TPSA) is 63.0 Å². The summed E-state index contributed by atoms with van der Waals surface area (Å²) in [5.41, 5.74) is 2.03. The van der Waals surface area contributed by atoms with E-state index in [0.717, 1.165) is 11.1 Å². The molecule has 7 heteroatoms. The lowest BCUT2D eigenvalue weighted by Crippen LogP contribution is -2.58. The summed E-state index contributed by atoms with van der Waals surface area (Å²) in [6.07, 6.45) is 0. The summed E-state index contributed by atoms with van der Waals surface area (Å²) < 4.78 is 25.1. The fraction of sp³-hybridized carbons (Fsp3) is 0.267. The van der Waals surface area contributed by atoms with E-state index in [1.54, 1.807) is 30.3 Å². The lowest BCUT2D eigenvalue weighted by molar-refractivity contribution is -0.139. The minimum absolute atomic E-state index is 0.0150. The summed E-state index contributed by atoms with van der Waals surface area (Å²) in [4.78, 5) is 30.2. The summed E-state index contributed by atoms with van der Waals surface area (Å²) in [5.74, 6) is 0.423. The Labute approximate surface area is 214 Å². The molecule has 2 heterocycles. The molecular formula is C30H29FN2O4. The van der Waals surface area contributed by atoms with Gasteiger partial charge in [-0.3, -0.25) is 14.5 Å². The van der Waals surface area contributed by atoms with Gasteiger partial charge in [0.15, 0.2) is 12.0 Å². The quantitative estimate of drug-likeness (QED) is 0.369. The van der Waals surface area contributed by atoms with Crippen LogP contribution in [0.25, 0.3) is 22.3 Å². The summed E-state index contributed by atoms with van der Waals surface area (Å²) in [6, 6.07) is 22.7. The Bertz CT molecular complexity index is 1450. The van der Waals surface area contributed by atoms with Gasteiger partial charge in [-0.2, -0.15) is 0 Å². The first kappa shape index (κ1) is 24.7. The van der Waals surface area contributed by atoms with E-state index in [0.29, 0.717) is 42.1 Å². The van der Waals surface area contributed by atoms with Crippen molar-refractivity contribution in [2.24, 2.45) is 0 Å². The minimum Gasteiger partial charge on any atom is -0.483 e. The molecule has 1 amide bonds. The fourth-order valence-corrected chi connectivity index (χ4v) is 4.86. The van der Waals surface area contributed by atoms with E-state index < -0.39 is 0 Å². The van der Waals surface area contributed by atoms with Crippen molar-refractivity contribution in [1.29, 1.82) is 0 Å². The normalized spacial score (nSPS) is 18.2. The van der Waals surface area contributed by atoms with Gasteiger partial charge in [-0.1, -0.05) is 48.5 Å². The molecule has 1 saturated heterocycles. The van der Waals surface area contributed by atoms with Crippen molar-refractivity contribution in [3.8, 4) is 17.1 Å². The largest absolute Gasteiger partial charge is 0.483 e. The van der Waals surface area contributed by atoms with Crippen LogP contribution in [0.2, 0.25) is 0 Å². The molecule has 37 heavy (non-hydrogen) atoms. The monoisotopic (exact) mass is 500 g/mol. The number of amides is 1. The molecular weight excluding hydrogens is 471 g/mol. The summed E-state index contributed by atoms with van der Waals surface area (Å²) in [6.45, 7) is 5.87. The van der Waals surface area contributed by atoms with Crippen LogP contribution < -0.4 is 10.2 Å². The molecule has 1 aliphatic rings. The number of carbonyl (C=O) groups is 1. The average molecular weight is 501 g/mol. The van der Waals surface area contributed by atoms with Crippen molar-refractivity contribution in [2.75, 3.05) is 19.7 Å². The van der Waals surface area contributed by atoms with Crippen molar-refractivity contribution < 1.29 is 18.3 Å². The SMILES string of the molecule is C[C@@H]1CN(C(=O)COc2cccc3oc(-c4ccccc4)cc(=O)c23)[C@@H](C)CN1Cc1ccc(F)cc1. The molecule has 0 unspecified atom stereocenters. The van der Waals surface area contributed by atoms with Gasteiger partial charge in [0, 0.05) is 43.3 Å². The molecule has 0 spiro atoms. The van der Waals surface area contributed by atoms with E-state index in [4.69, 9.17) is 9.15 Å². The lowest BCUT2D eigenvalue weighted by Gasteiger charge is -2.44. The van der Waals surface area contributed by atoms with Crippen LogP contribution in [0, 0.1) is 5.82 Å². The van der Waals surface area contributed by atoms with Crippen molar-refractivity contribution in [2.45, 2.75) is 32.5 Å². The highest BCUT2D eigenvalue weighted by molar-refractivity contribution is 5.85. The van der Waals surface area contributed by atoms with Gasteiger partial charge in [0.2, 0.25) is 0 Å². The van der Waals surface area contributed by atoms with Crippen molar-refractivity contribution in [3.05, 3.63) is 100 Å². The molecule has 3 aromatic carbocycles. The molecule has 1 aliphatic heterocycles. The third-order valence-electron chi connectivity index (χ3n) is 6.86. The second-order valence-corrected chi connectivity index (χ2v) is 9.56. The number of ether oxygens (including phenoxy) is 1. The van der Waals surface area contributed by atoms with Crippen LogP contribution >= 0.6 is 0 Å². The van der Waals surface area contributed by atoms with E-state index >= 15 is 0 Å². The Kier molecular flexibility index (Phi) is 7.06. The number of halogens is 1. The Hall–Kier alpha value is -3.97. The van der Waals surface area contributed by atoms with Crippen LogP contribution in [0.15, 0.2) is 88.1 Å². The highest BCUT2D eigenvalue weighted by atomic mass is 19.1. The van der Waals surface area contributed by atoms with E-state index in [9.17, 15) is 14.0 Å². The molecule has 0 aliphatic carbocycles. The molecule has 6 nitrogen and oxygen atoms in total. The van der Waals surface area contributed by atoms with Gasteiger partial charge in [0.1, 0.15) is 28.3 Å². The maximum atomic E-state index is 13.2. The second kappa shape index (κ2) is 10.6. The molecule has 5 rings (SSSR count). The van der Waals surface area contributed by atoms with Gasteiger partial charge in [0.05, 0.1) is 0 Å². The van der Waals surface area contributed by atoms with Gasteiger partial charge in [0.25, 0.3) is 5.91 Å². The van der Waals surface area contributed by atoms with Crippen LogP contribution in [0.3, 0.4) is 0 Å². The Balaban J connectivity index is 1.26. The van der Waals surface area contributed by atoms with Crippen LogP contribution in [0.5, 0.6) is 5.75 Å². The Morgan fingerprint density at radius 3 is 2.49 bits per heavy atom. The first-order valence-electron chi connectivity index (χ1n) is 12.4. The predicted molar refractivity (Wildman–Crippen MR) is 141 cm³/mol. The second-order valence-electron chi connectivity index (χ2n) is 9.56. The van der Waals surface area contributed by atoms with Gasteiger partial charge in [-0.25, -0.2) is 4.39 Å². The highest BCUT2D eigenvalue weighted by Crippen LogP contribution is 2.27. The first-order valence-corrected chi connectivity index (χ1v) is 12.4. The lowest BCUT2D eigenvalue weighted by atomic mass is 10.1. The molecule has 2 atom stereocenters. The van der Waals surface area contributed by atoms with Crippen LogP contribution in [0.4, 0.5) is 4.39 Å². The molecule has 1 aromatic heterocycles. The van der Waals surface area contributed by atoms with Crippen LogP contribution in [-0.2, 0) is 11.3 Å². The number of nitrogens with zero attached hydrogens (tertiary/aromatic N) is 2. The van der Waals surface area contributed by atoms with Gasteiger partial charge < -0.3 is 14.1 Å². The third-order valence-corrected chi connectivity index (χ3v) is 6.86. The van der Waals surface area contributed by atoms with Crippen molar-refractivity contribution >= 4 is 16.9 Å². The predicted octanol–water partition coefficient (Wildman–Crippen LogP) is 5.10. The summed E-state index contributed by atoms with van der Waals surface area (Å²) >= 11 is 0. The van der Waals surface area contributed by atoms with Crippen molar-refractivity contribution in [1.82, 2.24) is 9.80 Å². The fourth-order valence-electron chi connectivity index (χ4n) is 4.86. The molecule has 4 aromatic rings. The Morgan fingerprint density at radius 2 is 1.73 bits per heavy atom. The number of benzene rings is 3. The van der Waals surface area contributed by atoms with Gasteiger partial charge in [-0.15, -0.1) is 0 Å². The molecule has 0 radical (unpaired) electrons. The standard InChI is InChI=1S/C30H29FN2O4/c1-20-17-33(21(2)16-32(20)18-22-11-13-24(31)14-12-22)29(35)19-36-26-9-6-10-27-30(26)25(34)15-28(37-27)23-7-4-3-5-8-23/h3-15,20-21H,16-19H2,1-2H3/t20-,21+/m1/s1. The van der Waals surface area contributed by atoms with E-state index in [-0.39, 0.29) is 35.8 Å². The molecule has 0 saturated carbocycles. The smallest absolute Gasteiger partial charge is 0.260 e. The number of hydrogen-bond donors (Lipinski definition) is 0. The average Bonchev–Trinajstić information content (AvgIpc) is 2.90. The van der Waals surface area contributed by atoms with Crippen LogP contribution in [0.1, 0.15) is 19.4 Å².